The van der Waals surface area contributed by atoms with E-state index in [4.69, 9.17) is 9.47 Å². The first-order valence-corrected chi connectivity index (χ1v) is 6.13. The first-order chi connectivity index (χ1) is 6.93. The number of ether oxygens (including phenoxy) is 2. The Balaban J connectivity index is 1.63. The van der Waals surface area contributed by atoms with Crippen LogP contribution in [0.3, 0.4) is 0 Å². The molecule has 0 aromatic rings. The summed E-state index contributed by atoms with van der Waals surface area (Å²) in [6.45, 7) is 5.04. The van der Waals surface area contributed by atoms with Gasteiger partial charge in [0.1, 0.15) is 0 Å². The Morgan fingerprint density at radius 3 is 2.50 bits per heavy atom. The number of epoxide rings is 1. The van der Waals surface area contributed by atoms with Gasteiger partial charge in [-0.2, -0.15) is 0 Å². The summed E-state index contributed by atoms with van der Waals surface area (Å²) in [4.78, 5) is 0. The van der Waals surface area contributed by atoms with E-state index in [0.717, 1.165) is 26.2 Å². The molecule has 0 spiro atoms. The van der Waals surface area contributed by atoms with E-state index in [1.807, 2.05) is 0 Å². The highest BCUT2D eigenvalue weighted by Crippen LogP contribution is 2.13. The molecule has 1 aliphatic rings. The van der Waals surface area contributed by atoms with Crippen LogP contribution in [0.1, 0.15) is 51.9 Å². The Kier molecular flexibility index (Phi) is 7.06. The monoisotopic (exact) mass is 200 g/mol. The fraction of sp³-hybridized carbons (Fsp3) is 1.00. The van der Waals surface area contributed by atoms with E-state index in [1.165, 1.54) is 38.5 Å². The van der Waals surface area contributed by atoms with Crippen molar-refractivity contribution in [3.8, 4) is 0 Å². The Hall–Kier alpha value is -0.0800. The highest BCUT2D eigenvalue weighted by atomic mass is 16.6. The van der Waals surface area contributed by atoms with Gasteiger partial charge in [0, 0.05) is 13.2 Å². The molecule has 1 rings (SSSR count). The molecule has 0 bridgehead atoms. The second-order valence-corrected chi connectivity index (χ2v) is 4.12. The van der Waals surface area contributed by atoms with Crippen molar-refractivity contribution >= 4 is 0 Å². The molecule has 14 heavy (non-hydrogen) atoms. The standard InChI is InChI=1S/C12H24O2/c1-2-3-4-5-6-7-9-13-10-8-12-11-14-12/h12H,2-11H2,1H3. The van der Waals surface area contributed by atoms with E-state index in [9.17, 15) is 0 Å². The molecule has 0 radical (unpaired) electrons. The lowest BCUT2D eigenvalue weighted by atomic mass is 10.1. The molecule has 1 saturated heterocycles. The smallest absolute Gasteiger partial charge is 0.0831 e. The molecule has 0 aliphatic carbocycles. The summed E-state index contributed by atoms with van der Waals surface area (Å²) < 4.78 is 10.6. The molecule has 0 aromatic heterocycles. The van der Waals surface area contributed by atoms with Gasteiger partial charge in [0.15, 0.2) is 0 Å². The third-order valence-electron chi connectivity index (χ3n) is 2.63. The number of hydrogen-bond donors (Lipinski definition) is 0. The van der Waals surface area contributed by atoms with Crippen LogP contribution in [0.15, 0.2) is 0 Å². The van der Waals surface area contributed by atoms with E-state index in [2.05, 4.69) is 6.92 Å². The summed E-state index contributed by atoms with van der Waals surface area (Å²) in [7, 11) is 0. The van der Waals surface area contributed by atoms with Crippen molar-refractivity contribution in [1.29, 1.82) is 0 Å². The minimum Gasteiger partial charge on any atom is -0.381 e. The van der Waals surface area contributed by atoms with Gasteiger partial charge < -0.3 is 9.47 Å². The lowest BCUT2D eigenvalue weighted by molar-refractivity contribution is 0.121. The fourth-order valence-electron chi connectivity index (χ4n) is 1.54. The van der Waals surface area contributed by atoms with Crippen LogP contribution in [0.25, 0.3) is 0 Å². The molecular formula is C12H24O2. The fourth-order valence-corrected chi connectivity index (χ4v) is 1.54. The predicted molar refractivity (Wildman–Crippen MR) is 58.6 cm³/mol. The SMILES string of the molecule is CCCCCCCCOCCC1CO1. The maximum absolute atomic E-state index is 5.51. The summed E-state index contributed by atoms with van der Waals surface area (Å²) in [5, 5.41) is 0. The summed E-state index contributed by atoms with van der Waals surface area (Å²) in [6.07, 6.45) is 9.68. The van der Waals surface area contributed by atoms with E-state index in [0.29, 0.717) is 6.10 Å². The first-order valence-electron chi connectivity index (χ1n) is 6.13. The van der Waals surface area contributed by atoms with Crippen molar-refractivity contribution in [2.75, 3.05) is 19.8 Å². The normalized spacial score (nSPS) is 19.9. The number of unbranched alkanes of at least 4 members (excludes halogenated alkanes) is 5. The van der Waals surface area contributed by atoms with Crippen molar-refractivity contribution in [3.63, 3.8) is 0 Å². The molecule has 2 nitrogen and oxygen atoms in total. The van der Waals surface area contributed by atoms with E-state index in [-0.39, 0.29) is 0 Å². The third-order valence-corrected chi connectivity index (χ3v) is 2.63. The van der Waals surface area contributed by atoms with E-state index in [1.54, 1.807) is 0 Å². The lowest BCUT2D eigenvalue weighted by Crippen LogP contribution is -2.00. The quantitative estimate of drug-likeness (QED) is 0.399. The van der Waals surface area contributed by atoms with Crippen LogP contribution in [0, 0.1) is 0 Å². The molecular weight excluding hydrogens is 176 g/mol. The average Bonchev–Trinajstić information content (AvgIpc) is 2.99. The Labute approximate surface area is 88.0 Å². The Morgan fingerprint density at radius 1 is 1.07 bits per heavy atom. The second-order valence-electron chi connectivity index (χ2n) is 4.12. The zero-order valence-electron chi connectivity index (χ0n) is 9.46. The molecule has 1 aliphatic heterocycles. The third kappa shape index (κ3) is 7.34. The highest BCUT2D eigenvalue weighted by Gasteiger charge is 2.21. The van der Waals surface area contributed by atoms with Crippen LogP contribution in [-0.4, -0.2) is 25.9 Å². The van der Waals surface area contributed by atoms with Crippen LogP contribution < -0.4 is 0 Å². The Bertz CT molecular complexity index is 121. The van der Waals surface area contributed by atoms with E-state index < -0.39 is 0 Å². The van der Waals surface area contributed by atoms with Crippen molar-refractivity contribution in [2.45, 2.75) is 58.0 Å². The van der Waals surface area contributed by atoms with Crippen molar-refractivity contribution in [3.05, 3.63) is 0 Å². The molecule has 0 aromatic carbocycles. The molecule has 0 saturated carbocycles. The van der Waals surface area contributed by atoms with Crippen LogP contribution in [0.5, 0.6) is 0 Å². The van der Waals surface area contributed by atoms with Gasteiger partial charge >= 0.3 is 0 Å². The van der Waals surface area contributed by atoms with Crippen molar-refractivity contribution in [1.82, 2.24) is 0 Å². The van der Waals surface area contributed by atoms with Gasteiger partial charge in [-0.1, -0.05) is 39.0 Å². The van der Waals surface area contributed by atoms with Crippen molar-refractivity contribution in [2.24, 2.45) is 0 Å². The molecule has 0 amide bonds. The van der Waals surface area contributed by atoms with Crippen molar-refractivity contribution < 1.29 is 9.47 Å². The number of rotatable bonds is 10. The van der Waals surface area contributed by atoms with Gasteiger partial charge in [0.05, 0.1) is 12.7 Å². The molecule has 1 heterocycles. The van der Waals surface area contributed by atoms with Gasteiger partial charge in [0.25, 0.3) is 0 Å². The van der Waals surface area contributed by atoms with Gasteiger partial charge in [0.2, 0.25) is 0 Å². The average molecular weight is 200 g/mol. The summed E-state index contributed by atoms with van der Waals surface area (Å²) in [5.74, 6) is 0. The van der Waals surface area contributed by atoms with Crippen LogP contribution in [0.2, 0.25) is 0 Å². The van der Waals surface area contributed by atoms with Gasteiger partial charge in [-0.3, -0.25) is 0 Å². The number of hydrogen-bond acceptors (Lipinski definition) is 2. The van der Waals surface area contributed by atoms with Crippen LogP contribution >= 0.6 is 0 Å². The van der Waals surface area contributed by atoms with Gasteiger partial charge in [-0.25, -0.2) is 0 Å². The first kappa shape index (κ1) is 12.0. The zero-order valence-corrected chi connectivity index (χ0v) is 9.46. The topological polar surface area (TPSA) is 21.8 Å². The summed E-state index contributed by atoms with van der Waals surface area (Å²) >= 11 is 0. The second kappa shape index (κ2) is 8.25. The van der Waals surface area contributed by atoms with Gasteiger partial charge in [-0.05, 0) is 12.8 Å². The minimum absolute atomic E-state index is 0.527. The molecule has 1 unspecified atom stereocenters. The molecule has 2 heteroatoms. The summed E-state index contributed by atoms with van der Waals surface area (Å²) in [5.41, 5.74) is 0. The highest BCUT2D eigenvalue weighted by molar-refractivity contribution is 4.67. The lowest BCUT2D eigenvalue weighted by Gasteiger charge is -2.02. The van der Waals surface area contributed by atoms with Crippen LogP contribution in [0.4, 0.5) is 0 Å². The molecule has 84 valence electrons. The van der Waals surface area contributed by atoms with E-state index >= 15 is 0 Å². The molecule has 1 fully saturated rings. The molecule has 0 N–H and O–H groups in total. The van der Waals surface area contributed by atoms with Crippen LogP contribution in [-0.2, 0) is 9.47 Å². The zero-order chi connectivity index (χ0) is 10.1. The predicted octanol–water partition coefficient (Wildman–Crippen LogP) is 3.15. The minimum atomic E-state index is 0.527. The maximum atomic E-state index is 5.51. The maximum Gasteiger partial charge on any atom is 0.0831 e. The summed E-state index contributed by atoms with van der Waals surface area (Å²) in [6, 6.07) is 0. The largest absolute Gasteiger partial charge is 0.381 e. The van der Waals surface area contributed by atoms with Gasteiger partial charge in [-0.15, -0.1) is 0 Å². The Morgan fingerprint density at radius 2 is 1.79 bits per heavy atom. The molecule has 1 atom stereocenters.